The standard InChI is InChI=1S/C12H23N3O3/c1-3-13(4-2)9-11(16)15-7-5-14(6-8-15)10-12(17)18/h3-10H2,1-2H3,(H,17,18). The van der Waals surface area contributed by atoms with Crippen LogP contribution in [0.5, 0.6) is 0 Å². The van der Waals surface area contributed by atoms with Gasteiger partial charge in [-0.2, -0.15) is 0 Å². The third-order valence-corrected chi connectivity index (χ3v) is 3.34. The predicted octanol–water partition coefficient (Wildman–Crippen LogP) is -0.443. The Bertz CT molecular complexity index is 284. The quantitative estimate of drug-likeness (QED) is 0.699. The molecule has 1 saturated heterocycles. The van der Waals surface area contributed by atoms with Crippen LogP contribution in [-0.2, 0) is 9.59 Å². The monoisotopic (exact) mass is 257 g/mol. The second-order valence-electron chi connectivity index (χ2n) is 4.51. The van der Waals surface area contributed by atoms with Crippen molar-refractivity contribution in [3.63, 3.8) is 0 Å². The van der Waals surface area contributed by atoms with Crippen molar-refractivity contribution in [1.82, 2.24) is 14.7 Å². The minimum absolute atomic E-state index is 0.0675. The summed E-state index contributed by atoms with van der Waals surface area (Å²) in [6, 6.07) is 0. The number of hydrogen-bond donors (Lipinski definition) is 1. The molecule has 0 spiro atoms. The molecule has 18 heavy (non-hydrogen) atoms. The zero-order valence-electron chi connectivity index (χ0n) is 11.3. The van der Waals surface area contributed by atoms with Crippen LogP contribution < -0.4 is 0 Å². The highest BCUT2D eigenvalue weighted by Gasteiger charge is 2.22. The van der Waals surface area contributed by atoms with Gasteiger partial charge in [-0.05, 0) is 13.1 Å². The number of aliphatic carboxylic acids is 1. The average Bonchev–Trinajstić information content (AvgIpc) is 2.35. The second kappa shape index (κ2) is 7.33. The molecule has 6 heteroatoms. The number of piperazine rings is 1. The molecular formula is C12H23N3O3. The van der Waals surface area contributed by atoms with Crippen molar-refractivity contribution in [2.24, 2.45) is 0 Å². The first-order valence-electron chi connectivity index (χ1n) is 6.51. The van der Waals surface area contributed by atoms with Crippen molar-refractivity contribution >= 4 is 11.9 Å². The van der Waals surface area contributed by atoms with Gasteiger partial charge in [-0.3, -0.25) is 19.4 Å². The number of carbonyl (C=O) groups is 2. The van der Waals surface area contributed by atoms with Crippen molar-refractivity contribution in [2.75, 3.05) is 52.4 Å². The minimum atomic E-state index is -0.807. The maximum absolute atomic E-state index is 12.0. The van der Waals surface area contributed by atoms with Crippen LogP contribution in [0.4, 0.5) is 0 Å². The molecule has 0 aromatic carbocycles. The average molecular weight is 257 g/mol. The van der Waals surface area contributed by atoms with Gasteiger partial charge >= 0.3 is 5.97 Å². The van der Waals surface area contributed by atoms with Crippen molar-refractivity contribution in [2.45, 2.75) is 13.8 Å². The number of hydrogen-bond acceptors (Lipinski definition) is 4. The molecule has 1 rings (SSSR count). The molecule has 0 unspecified atom stereocenters. The summed E-state index contributed by atoms with van der Waals surface area (Å²) >= 11 is 0. The summed E-state index contributed by atoms with van der Waals surface area (Å²) in [5, 5.41) is 8.69. The van der Waals surface area contributed by atoms with Gasteiger partial charge in [0, 0.05) is 26.2 Å². The van der Waals surface area contributed by atoms with Crippen LogP contribution in [-0.4, -0.2) is 84.0 Å². The predicted molar refractivity (Wildman–Crippen MR) is 68.4 cm³/mol. The number of amides is 1. The maximum Gasteiger partial charge on any atom is 0.317 e. The lowest BCUT2D eigenvalue weighted by Gasteiger charge is -2.34. The van der Waals surface area contributed by atoms with Gasteiger partial charge in [0.05, 0.1) is 13.1 Å². The lowest BCUT2D eigenvalue weighted by molar-refractivity contribution is -0.139. The molecule has 0 aromatic heterocycles. The molecule has 0 saturated carbocycles. The Kier molecular flexibility index (Phi) is 6.07. The van der Waals surface area contributed by atoms with Crippen molar-refractivity contribution in [3.05, 3.63) is 0 Å². The summed E-state index contributed by atoms with van der Waals surface area (Å²) in [7, 11) is 0. The van der Waals surface area contributed by atoms with Crippen LogP contribution >= 0.6 is 0 Å². The van der Waals surface area contributed by atoms with Crippen LogP contribution in [0.2, 0.25) is 0 Å². The zero-order valence-corrected chi connectivity index (χ0v) is 11.3. The molecule has 6 nitrogen and oxygen atoms in total. The van der Waals surface area contributed by atoms with E-state index in [1.54, 1.807) is 0 Å². The zero-order chi connectivity index (χ0) is 13.5. The number of likely N-dealkylation sites (N-methyl/N-ethyl adjacent to an activating group) is 1. The number of carbonyl (C=O) groups excluding carboxylic acids is 1. The van der Waals surface area contributed by atoms with E-state index in [0.717, 1.165) is 13.1 Å². The van der Waals surface area contributed by atoms with E-state index in [-0.39, 0.29) is 12.5 Å². The molecular weight excluding hydrogens is 234 g/mol. The van der Waals surface area contributed by atoms with E-state index < -0.39 is 5.97 Å². The Labute approximate surface area is 108 Å². The SMILES string of the molecule is CCN(CC)CC(=O)N1CCN(CC(=O)O)CC1. The lowest BCUT2D eigenvalue weighted by atomic mass is 10.3. The van der Waals surface area contributed by atoms with Crippen molar-refractivity contribution in [3.8, 4) is 0 Å². The van der Waals surface area contributed by atoms with Crippen LogP contribution in [0.3, 0.4) is 0 Å². The third-order valence-electron chi connectivity index (χ3n) is 3.34. The summed E-state index contributed by atoms with van der Waals surface area (Å²) in [5.41, 5.74) is 0. The number of carboxylic acids is 1. The Balaban J connectivity index is 2.33. The molecule has 0 aromatic rings. The van der Waals surface area contributed by atoms with E-state index in [2.05, 4.69) is 4.90 Å². The first-order valence-corrected chi connectivity index (χ1v) is 6.51. The molecule has 104 valence electrons. The molecule has 1 N–H and O–H groups in total. The summed E-state index contributed by atoms with van der Waals surface area (Å²) in [6.07, 6.45) is 0. The lowest BCUT2D eigenvalue weighted by Crippen LogP contribution is -2.52. The van der Waals surface area contributed by atoms with Gasteiger partial charge in [-0.25, -0.2) is 0 Å². The summed E-state index contributed by atoms with van der Waals surface area (Å²) < 4.78 is 0. The third kappa shape index (κ3) is 4.62. The first-order chi connectivity index (χ1) is 8.56. The number of nitrogens with zero attached hydrogens (tertiary/aromatic N) is 3. The Hall–Kier alpha value is -1.14. The second-order valence-corrected chi connectivity index (χ2v) is 4.51. The van der Waals surface area contributed by atoms with Gasteiger partial charge in [-0.1, -0.05) is 13.8 Å². The molecule has 1 aliphatic rings. The van der Waals surface area contributed by atoms with E-state index in [4.69, 9.17) is 5.11 Å². The molecule has 0 bridgehead atoms. The Morgan fingerprint density at radius 2 is 1.67 bits per heavy atom. The summed E-state index contributed by atoms with van der Waals surface area (Å²) in [6.45, 7) is 8.93. The first kappa shape index (κ1) is 14.9. The number of rotatable bonds is 6. The van der Waals surface area contributed by atoms with E-state index in [1.807, 2.05) is 23.6 Å². The van der Waals surface area contributed by atoms with Crippen molar-refractivity contribution < 1.29 is 14.7 Å². The molecule has 1 fully saturated rings. The minimum Gasteiger partial charge on any atom is -0.480 e. The van der Waals surface area contributed by atoms with E-state index >= 15 is 0 Å². The van der Waals surface area contributed by atoms with Crippen molar-refractivity contribution in [1.29, 1.82) is 0 Å². The maximum atomic E-state index is 12.0. The highest BCUT2D eigenvalue weighted by molar-refractivity contribution is 5.78. The molecule has 1 aliphatic heterocycles. The van der Waals surface area contributed by atoms with Crippen LogP contribution in [0, 0.1) is 0 Å². The fourth-order valence-corrected chi connectivity index (χ4v) is 2.09. The molecule has 1 heterocycles. The highest BCUT2D eigenvalue weighted by atomic mass is 16.4. The smallest absolute Gasteiger partial charge is 0.317 e. The van der Waals surface area contributed by atoms with E-state index in [0.29, 0.717) is 32.7 Å². The van der Waals surface area contributed by atoms with Crippen LogP contribution in [0.15, 0.2) is 0 Å². The van der Waals surface area contributed by atoms with Gasteiger partial charge in [0.15, 0.2) is 0 Å². The molecule has 1 amide bonds. The molecule has 0 aliphatic carbocycles. The largest absolute Gasteiger partial charge is 0.480 e. The fourth-order valence-electron chi connectivity index (χ4n) is 2.09. The topological polar surface area (TPSA) is 64.1 Å². The van der Waals surface area contributed by atoms with E-state index in [9.17, 15) is 9.59 Å². The highest BCUT2D eigenvalue weighted by Crippen LogP contribution is 2.03. The van der Waals surface area contributed by atoms with Gasteiger partial charge in [-0.15, -0.1) is 0 Å². The summed E-state index contributed by atoms with van der Waals surface area (Å²) in [4.78, 5) is 28.4. The normalized spacial score (nSPS) is 17.2. The van der Waals surface area contributed by atoms with Crippen LogP contribution in [0.1, 0.15) is 13.8 Å². The van der Waals surface area contributed by atoms with Gasteiger partial charge in [0.2, 0.25) is 5.91 Å². The Morgan fingerprint density at radius 3 is 2.11 bits per heavy atom. The summed E-state index contributed by atoms with van der Waals surface area (Å²) in [5.74, 6) is -0.661. The van der Waals surface area contributed by atoms with Gasteiger partial charge in [0.25, 0.3) is 0 Å². The van der Waals surface area contributed by atoms with Crippen LogP contribution in [0.25, 0.3) is 0 Å². The van der Waals surface area contributed by atoms with Gasteiger partial charge in [0.1, 0.15) is 0 Å². The molecule has 0 radical (unpaired) electrons. The van der Waals surface area contributed by atoms with E-state index in [1.165, 1.54) is 0 Å². The Morgan fingerprint density at radius 1 is 1.11 bits per heavy atom. The van der Waals surface area contributed by atoms with Gasteiger partial charge < -0.3 is 10.0 Å². The fraction of sp³-hybridized carbons (Fsp3) is 0.833. The number of carboxylic acid groups (broad SMARTS) is 1. The molecule has 0 atom stereocenters.